The van der Waals surface area contributed by atoms with E-state index >= 15 is 0 Å². The topological polar surface area (TPSA) is 90.2 Å². The highest BCUT2D eigenvalue weighted by atomic mass is 19.4. The molecule has 12 heteroatoms. The third-order valence-electron chi connectivity index (χ3n) is 6.77. The van der Waals surface area contributed by atoms with Crippen LogP contribution in [0.25, 0.3) is 16.7 Å². The van der Waals surface area contributed by atoms with Crippen molar-refractivity contribution in [1.82, 2.24) is 24.4 Å². The van der Waals surface area contributed by atoms with E-state index in [-0.39, 0.29) is 23.4 Å². The minimum absolute atomic E-state index is 0.105. The van der Waals surface area contributed by atoms with E-state index in [0.29, 0.717) is 35.7 Å². The molecule has 5 rings (SSSR count). The Bertz CT molecular complexity index is 1830. The molecule has 0 saturated heterocycles. The number of carbonyl (C=O) groups is 1. The molecule has 1 unspecified atom stereocenters. The van der Waals surface area contributed by atoms with Crippen molar-refractivity contribution >= 4 is 16.9 Å². The zero-order valence-electron chi connectivity index (χ0n) is 23.0. The van der Waals surface area contributed by atoms with Gasteiger partial charge in [0.25, 0.3) is 11.5 Å². The van der Waals surface area contributed by atoms with Crippen LogP contribution in [-0.2, 0) is 12.7 Å². The lowest BCUT2D eigenvalue weighted by Crippen LogP contribution is -2.37. The second-order valence-corrected chi connectivity index (χ2v) is 9.57. The van der Waals surface area contributed by atoms with Gasteiger partial charge in [-0.05, 0) is 80.1 Å². The lowest BCUT2D eigenvalue weighted by Gasteiger charge is -2.31. The van der Waals surface area contributed by atoms with Crippen LogP contribution in [0.4, 0.5) is 17.6 Å². The lowest BCUT2D eigenvalue weighted by molar-refractivity contribution is -0.140. The summed E-state index contributed by atoms with van der Waals surface area (Å²) < 4.78 is 61.6. The number of aromatic nitrogens is 4. The van der Waals surface area contributed by atoms with Crippen molar-refractivity contribution in [2.24, 2.45) is 0 Å². The van der Waals surface area contributed by atoms with Crippen LogP contribution in [0.5, 0.6) is 5.75 Å². The van der Waals surface area contributed by atoms with Gasteiger partial charge in [-0.3, -0.25) is 19.1 Å². The van der Waals surface area contributed by atoms with E-state index in [1.165, 1.54) is 28.1 Å². The second kappa shape index (κ2) is 12.0. The fourth-order valence-electron chi connectivity index (χ4n) is 4.68. The molecule has 0 radical (unpaired) electrons. The summed E-state index contributed by atoms with van der Waals surface area (Å²) in [6, 6.07) is 14.3. The molecule has 1 atom stereocenters. The average molecular weight is 592 g/mol. The van der Waals surface area contributed by atoms with Crippen molar-refractivity contribution < 1.29 is 27.1 Å². The molecule has 0 aliphatic carbocycles. The summed E-state index contributed by atoms with van der Waals surface area (Å²) in [4.78, 5) is 42.0. The standard InChI is InChI=1S/C31H25F4N5O3/c1-3-43-23-11-9-22(10-12-23)40-28(38-27-24(30(40)42)7-5-15-37-27)19(2)39(18-20-6-4-14-36-17-20)29(41)21-8-13-26(32)25(16-21)31(33,34)35/h4-17,19H,3,18H2,1-2H3. The third kappa shape index (κ3) is 6.08. The van der Waals surface area contributed by atoms with Gasteiger partial charge in [0.1, 0.15) is 17.4 Å². The predicted octanol–water partition coefficient (Wildman–Crippen LogP) is 6.14. The van der Waals surface area contributed by atoms with Crippen LogP contribution in [0.15, 0.2) is 90.1 Å². The monoisotopic (exact) mass is 591 g/mol. The number of rotatable bonds is 8. The highest BCUT2D eigenvalue weighted by Gasteiger charge is 2.36. The number of pyridine rings is 2. The molecule has 0 spiro atoms. The number of halogens is 4. The second-order valence-electron chi connectivity index (χ2n) is 9.57. The summed E-state index contributed by atoms with van der Waals surface area (Å²) in [7, 11) is 0. The number of alkyl halides is 3. The molecule has 0 saturated carbocycles. The highest BCUT2D eigenvalue weighted by Crippen LogP contribution is 2.33. The van der Waals surface area contributed by atoms with Crippen molar-refractivity contribution in [3.8, 4) is 11.4 Å². The molecule has 1 amide bonds. The molecule has 2 aromatic carbocycles. The van der Waals surface area contributed by atoms with Crippen LogP contribution in [0.2, 0.25) is 0 Å². The smallest absolute Gasteiger partial charge is 0.419 e. The molecule has 3 heterocycles. The molecule has 0 bridgehead atoms. The quantitative estimate of drug-likeness (QED) is 0.202. The Morgan fingerprint density at radius 2 is 1.79 bits per heavy atom. The van der Waals surface area contributed by atoms with Crippen LogP contribution in [0.3, 0.4) is 0 Å². The van der Waals surface area contributed by atoms with Gasteiger partial charge < -0.3 is 9.64 Å². The molecule has 0 N–H and O–H groups in total. The number of nitrogens with zero attached hydrogens (tertiary/aromatic N) is 5. The number of fused-ring (bicyclic) bond motifs is 1. The van der Waals surface area contributed by atoms with Gasteiger partial charge in [0.2, 0.25) is 0 Å². The van der Waals surface area contributed by atoms with Gasteiger partial charge in [-0.1, -0.05) is 6.07 Å². The number of hydrogen-bond donors (Lipinski definition) is 0. The molecule has 220 valence electrons. The van der Waals surface area contributed by atoms with Gasteiger partial charge >= 0.3 is 6.18 Å². The zero-order chi connectivity index (χ0) is 30.7. The average Bonchev–Trinajstić information content (AvgIpc) is 3.00. The van der Waals surface area contributed by atoms with Gasteiger partial charge in [-0.2, -0.15) is 13.2 Å². The Labute approximate surface area is 243 Å². The molecule has 43 heavy (non-hydrogen) atoms. The maximum absolute atomic E-state index is 14.1. The zero-order valence-corrected chi connectivity index (χ0v) is 23.0. The van der Waals surface area contributed by atoms with Crippen LogP contribution < -0.4 is 10.3 Å². The number of hydrogen-bond acceptors (Lipinski definition) is 6. The summed E-state index contributed by atoms with van der Waals surface area (Å²) >= 11 is 0. The maximum Gasteiger partial charge on any atom is 0.419 e. The lowest BCUT2D eigenvalue weighted by atomic mass is 10.1. The van der Waals surface area contributed by atoms with Crippen molar-refractivity contribution in [2.75, 3.05) is 6.61 Å². The fourth-order valence-corrected chi connectivity index (χ4v) is 4.68. The maximum atomic E-state index is 14.1. The minimum atomic E-state index is -5.01. The van der Waals surface area contributed by atoms with Gasteiger partial charge in [0.05, 0.1) is 29.3 Å². The molecular formula is C31H25F4N5O3. The number of benzene rings is 2. The van der Waals surface area contributed by atoms with Crippen molar-refractivity contribution in [3.05, 3.63) is 124 Å². The molecule has 5 aromatic rings. The van der Waals surface area contributed by atoms with Gasteiger partial charge in [-0.15, -0.1) is 0 Å². The summed E-state index contributed by atoms with van der Waals surface area (Å²) in [6.45, 7) is 3.77. The van der Waals surface area contributed by atoms with Crippen molar-refractivity contribution in [1.29, 1.82) is 0 Å². The first-order valence-corrected chi connectivity index (χ1v) is 13.3. The van der Waals surface area contributed by atoms with E-state index in [0.717, 1.165) is 6.07 Å². The molecule has 3 aromatic heterocycles. The van der Waals surface area contributed by atoms with Gasteiger partial charge in [0.15, 0.2) is 5.65 Å². The number of amides is 1. The fraction of sp³-hybridized carbons (Fsp3) is 0.194. The highest BCUT2D eigenvalue weighted by molar-refractivity contribution is 5.94. The van der Waals surface area contributed by atoms with E-state index in [1.54, 1.807) is 55.5 Å². The summed E-state index contributed by atoms with van der Waals surface area (Å²) in [5, 5.41) is 0.228. The van der Waals surface area contributed by atoms with Crippen molar-refractivity contribution in [2.45, 2.75) is 32.6 Å². The Morgan fingerprint density at radius 1 is 1.05 bits per heavy atom. The first-order chi connectivity index (χ1) is 20.6. The van der Waals surface area contributed by atoms with E-state index < -0.39 is 40.6 Å². The molecule has 0 aliphatic rings. The van der Waals surface area contributed by atoms with E-state index in [4.69, 9.17) is 4.74 Å². The number of carbonyl (C=O) groups excluding carboxylic acids is 1. The largest absolute Gasteiger partial charge is 0.494 e. The van der Waals surface area contributed by atoms with E-state index in [1.807, 2.05) is 6.92 Å². The molecule has 0 aliphatic heterocycles. The Hall–Kier alpha value is -5.13. The summed E-state index contributed by atoms with van der Waals surface area (Å²) in [6.07, 6.45) is -0.497. The summed E-state index contributed by atoms with van der Waals surface area (Å²) in [5.41, 5.74) is -1.30. The van der Waals surface area contributed by atoms with Gasteiger partial charge in [0, 0.05) is 30.7 Å². The summed E-state index contributed by atoms with van der Waals surface area (Å²) in [5.74, 6) is -1.65. The first kappa shape index (κ1) is 29.4. The minimum Gasteiger partial charge on any atom is -0.494 e. The van der Waals surface area contributed by atoms with Gasteiger partial charge in [-0.25, -0.2) is 14.4 Å². The molecule has 0 fully saturated rings. The Kier molecular flexibility index (Phi) is 8.20. The molecule has 8 nitrogen and oxygen atoms in total. The van der Waals surface area contributed by atoms with Crippen LogP contribution >= 0.6 is 0 Å². The normalized spacial score (nSPS) is 12.2. The van der Waals surface area contributed by atoms with Crippen LogP contribution in [-0.4, -0.2) is 36.9 Å². The van der Waals surface area contributed by atoms with E-state index in [9.17, 15) is 27.2 Å². The Balaban J connectivity index is 1.68. The SMILES string of the molecule is CCOc1ccc(-n2c(C(C)N(Cc3cccnc3)C(=O)c3ccc(F)c(C(F)(F)F)c3)nc3ncccc3c2=O)cc1. The Morgan fingerprint density at radius 3 is 2.47 bits per heavy atom. The molecular weight excluding hydrogens is 566 g/mol. The van der Waals surface area contributed by atoms with Crippen LogP contribution in [0, 0.1) is 5.82 Å². The predicted molar refractivity (Wildman–Crippen MR) is 150 cm³/mol. The van der Waals surface area contributed by atoms with Crippen LogP contribution in [0.1, 0.15) is 47.2 Å². The number of ether oxygens (including phenoxy) is 1. The first-order valence-electron chi connectivity index (χ1n) is 13.3. The third-order valence-corrected chi connectivity index (χ3v) is 6.77. The van der Waals surface area contributed by atoms with E-state index in [2.05, 4.69) is 15.0 Å². The van der Waals surface area contributed by atoms with Crippen molar-refractivity contribution in [3.63, 3.8) is 0 Å².